The number of piperazine rings is 1. The van der Waals surface area contributed by atoms with Gasteiger partial charge in [0, 0.05) is 44.5 Å². The van der Waals surface area contributed by atoms with Crippen LogP contribution in [0.3, 0.4) is 0 Å². The van der Waals surface area contributed by atoms with Crippen molar-refractivity contribution < 1.29 is 13.9 Å². The Morgan fingerprint density at radius 3 is 2.59 bits per heavy atom. The zero-order valence-corrected chi connectivity index (χ0v) is 15.5. The number of nitrogens with one attached hydrogen (secondary N) is 1. The Balaban J connectivity index is 1.82. The maximum atomic E-state index is 13.9. The predicted octanol–water partition coefficient (Wildman–Crippen LogP) is 2.56. The number of imidazole rings is 1. The molecule has 0 saturated carbocycles. The van der Waals surface area contributed by atoms with Crippen LogP contribution < -0.4 is 14.8 Å². The van der Waals surface area contributed by atoms with E-state index in [1.807, 2.05) is 22.6 Å². The topological polar surface area (TPSA) is 51.0 Å². The zero-order valence-electron chi connectivity index (χ0n) is 15.5. The molecule has 0 spiro atoms. The number of ether oxygens (including phenoxy) is 2. The van der Waals surface area contributed by atoms with Gasteiger partial charge < -0.3 is 14.8 Å². The third kappa shape index (κ3) is 3.48. The van der Waals surface area contributed by atoms with Gasteiger partial charge in [-0.2, -0.15) is 0 Å². The predicted molar refractivity (Wildman–Crippen MR) is 102 cm³/mol. The molecule has 0 amide bonds. The molecule has 3 aromatic rings. The third-order valence-corrected chi connectivity index (χ3v) is 4.92. The molecule has 0 unspecified atom stereocenters. The highest BCUT2D eigenvalue weighted by Crippen LogP contribution is 2.34. The fourth-order valence-electron chi connectivity index (χ4n) is 3.51. The molecule has 1 N–H and O–H groups in total. The first-order valence-corrected chi connectivity index (χ1v) is 9.01. The van der Waals surface area contributed by atoms with Gasteiger partial charge in [-0.25, -0.2) is 9.37 Å². The van der Waals surface area contributed by atoms with Gasteiger partial charge in [0.05, 0.1) is 25.6 Å². The summed E-state index contributed by atoms with van der Waals surface area (Å²) in [7, 11) is 3.23. The van der Waals surface area contributed by atoms with Crippen LogP contribution in [0.1, 0.15) is 5.69 Å². The fraction of sp³-hybridized carbons (Fsp3) is 0.350. The number of halogens is 1. The normalized spacial score (nSPS) is 15.2. The van der Waals surface area contributed by atoms with Gasteiger partial charge >= 0.3 is 0 Å². The maximum Gasteiger partial charge on any atom is 0.161 e. The molecule has 0 aliphatic carbocycles. The first kappa shape index (κ1) is 17.8. The first-order chi connectivity index (χ1) is 13.2. The molecule has 1 fully saturated rings. The lowest BCUT2D eigenvalue weighted by molar-refractivity contribution is 0.230. The highest BCUT2D eigenvalue weighted by atomic mass is 19.1. The van der Waals surface area contributed by atoms with Crippen LogP contribution in [0.2, 0.25) is 0 Å². The number of hydrogen-bond acceptors (Lipinski definition) is 5. The molecule has 1 aliphatic rings. The summed E-state index contributed by atoms with van der Waals surface area (Å²) in [4.78, 5) is 7.13. The van der Waals surface area contributed by atoms with Gasteiger partial charge in [-0.3, -0.25) is 9.30 Å². The quantitative estimate of drug-likeness (QED) is 0.748. The van der Waals surface area contributed by atoms with E-state index in [1.54, 1.807) is 20.3 Å². The Bertz CT molecular complexity index is 951. The lowest BCUT2D eigenvalue weighted by Crippen LogP contribution is -2.43. The monoisotopic (exact) mass is 370 g/mol. The minimum Gasteiger partial charge on any atom is -0.493 e. The van der Waals surface area contributed by atoms with E-state index in [9.17, 15) is 4.39 Å². The Hall–Kier alpha value is -2.64. The lowest BCUT2D eigenvalue weighted by atomic mass is 10.1. The van der Waals surface area contributed by atoms with Crippen molar-refractivity contribution in [2.75, 3.05) is 40.4 Å². The number of benzene rings is 1. The van der Waals surface area contributed by atoms with E-state index < -0.39 is 0 Å². The Labute approximate surface area is 157 Å². The molecule has 0 bridgehead atoms. The van der Waals surface area contributed by atoms with Gasteiger partial charge in [0.1, 0.15) is 11.5 Å². The van der Waals surface area contributed by atoms with Crippen molar-refractivity contribution in [1.82, 2.24) is 19.6 Å². The summed E-state index contributed by atoms with van der Waals surface area (Å²) in [5, 5.41) is 3.36. The smallest absolute Gasteiger partial charge is 0.161 e. The minimum atomic E-state index is -0.277. The summed E-state index contributed by atoms with van der Waals surface area (Å²) in [6, 6.07) is 8.89. The van der Waals surface area contributed by atoms with Crippen LogP contribution in [0.15, 0.2) is 36.5 Å². The average Bonchev–Trinajstić information content (AvgIpc) is 3.06. The van der Waals surface area contributed by atoms with Gasteiger partial charge in [0.25, 0.3) is 0 Å². The number of methoxy groups -OCH3 is 2. The van der Waals surface area contributed by atoms with Gasteiger partial charge in [0.15, 0.2) is 11.5 Å². The van der Waals surface area contributed by atoms with Gasteiger partial charge in [-0.05, 0) is 30.3 Å². The molecule has 27 heavy (non-hydrogen) atoms. The molecule has 1 aliphatic heterocycles. The molecule has 6 nitrogen and oxygen atoms in total. The SMILES string of the molecule is COc1ccc(-c2nc3ccc(F)cn3c2CN2CCNCC2)cc1OC. The van der Waals surface area contributed by atoms with E-state index in [0.717, 1.165) is 48.8 Å². The number of hydrogen-bond donors (Lipinski definition) is 1. The summed E-state index contributed by atoms with van der Waals surface area (Å²) in [6.07, 6.45) is 1.50. The van der Waals surface area contributed by atoms with Crippen molar-refractivity contribution in [3.63, 3.8) is 0 Å². The van der Waals surface area contributed by atoms with E-state index in [-0.39, 0.29) is 5.82 Å². The van der Waals surface area contributed by atoms with Crippen LogP contribution in [-0.4, -0.2) is 54.7 Å². The van der Waals surface area contributed by atoms with Crippen LogP contribution in [0.25, 0.3) is 16.9 Å². The molecule has 0 atom stereocenters. The van der Waals surface area contributed by atoms with Crippen molar-refractivity contribution in [2.24, 2.45) is 0 Å². The van der Waals surface area contributed by atoms with Crippen LogP contribution >= 0.6 is 0 Å². The molecule has 1 aromatic carbocycles. The second kappa shape index (κ2) is 7.54. The Morgan fingerprint density at radius 1 is 1.07 bits per heavy atom. The van der Waals surface area contributed by atoms with E-state index in [1.165, 1.54) is 12.3 Å². The zero-order chi connectivity index (χ0) is 18.8. The van der Waals surface area contributed by atoms with Crippen molar-refractivity contribution in [3.8, 4) is 22.8 Å². The van der Waals surface area contributed by atoms with Crippen LogP contribution in [0.5, 0.6) is 11.5 Å². The molecule has 142 valence electrons. The summed E-state index contributed by atoms with van der Waals surface area (Å²) >= 11 is 0. The van der Waals surface area contributed by atoms with Crippen LogP contribution in [0.4, 0.5) is 4.39 Å². The van der Waals surface area contributed by atoms with Crippen molar-refractivity contribution in [3.05, 3.63) is 48.0 Å². The second-order valence-electron chi connectivity index (χ2n) is 6.58. The van der Waals surface area contributed by atoms with E-state index in [4.69, 9.17) is 14.5 Å². The van der Waals surface area contributed by atoms with E-state index in [2.05, 4.69) is 10.2 Å². The Morgan fingerprint density at radius 2 is 1.85 bits per heavy atom. The molecular formula is C20H23FN4O2. The highest BCUT2D eigenvalue weighted by Gasteiger charge is 2.20. The van der Waals surface area contributed by atoms with E-state index >= 15 is 0 Å². The van der Waals surface area contributed by atoms with E-state index in [0.29, 0.717) is 18.0 Å². The molecule has 0 radical (unpaired) electrons. The molecule has 2 aromatic heterocycles. The van der Waals surface area contributed by atoms with Crippen molar-refractivity contribution in [1.29, 1.82) is 0 Å². The van der Waals surface area contributed by atoms with Crippen LogP contribution in [0, 0.1) is 5.82 Å². The molecule has 7 heteroatoms. The number of nitrogens with zero attached hydrogens (tertiary/aromatic N) is 3. The average molecular weight is 370 g/mol. The van der Waals surface area contributed by atoms with Gasteiger partial charge in [-0.15, -0.1) is 0 Å². The summed E-state index contributed by atoms with van der Waals surface area (Å²) < 4.78 is 26.5. The molecule has 4 rings (SSSR count). The highest BCUT2D eigenvalue weighted by molar-refractivity contribution is 5.69. The third-order valence-electron chi connectivity index (χ3n) is 4.92. The number of rotatable bonds is 5. The van der Waals surface area contributed by atoms with Crippen molar-refractivity contribution >= 4 is 5.65 Å². The molecule has 3 heterocycles. The number of pyridine rings is 1. The Kier molecular flexibility index (Phi) is 4.96. The molecular weight excluding hydrogens is 347 g/mol. The lowest BCUT2D eigenvalue weighted by Gasteiger charge is -2.27. The number of aromatic nitrogens is 2. The van der Waals surface area contributed by atoms with Crippen LogP contribution in [-0.2, 0) is 6.54 Å². The maximum absolute atomic E-state index is 13.9. The molecule has 1 saturated heterocycles. The van der Waals surface area contributed by atoms with Crippen molar-refractivity contribution in [2.45, 2.75) is 6.54 Å². The minimum absolute atomic E-state index is 0.277. The standard InChI is InChI=1S/C20H23FN4O2/c1-26-17-5-3-14(11-18(17)27-2)20-16(13-24-9-7-22-8-10-24)25-12-15(21)4-6-19(25)23-20/h3-6,11-12,22H,7-10,13H2,1-2H3. The summed E-state index contributed by atoms with van der Waals surface area (Å²) in [5.41, 5.74) is 3.45. The fourth-order valence-corrected chi connectivity index (χ4v) is 3.51. The van der Waals surface area contributed by atoms with Gasteiger partial charge in [-0.1, -0.05) is 0 Å². The summed E-state index contributed by atoms with van der Waals surface area (Å²) in [6.45, 7) is 4.52. The first-order valence-electron chi connectivity index (χ1n) is 9.01. The number of fused-ring (bicyclic) bond motifs is 1. The second-order valence-corrected chi connectivity index (χ2v) is 6.58. The largest absolute Gasteiger partial charge is 0.493 e. The van der Waals surface area contributed by atoms with Gasteiger partial charge in [0.2, 0.25) is 0 Å². The summed E-state index contributed by atoms with van der Waals surface area (Å²) in [5.74, 6) is 1.03.